The zero-order chi connectivity index (χ0) is 19.5. The van der Waals surface area contributed by atoms with E-state index in [9.17, 15) is 9.18 Å². The molecule has 0 aliphatic carbocycles. The number of para-hydroxylation sites is 2. The van der Waals surface area contributed by atoms with Gasteiger partial charge in [-0.3, -0.25) is 4.79 Å². The van der Waals surface area contributed by atoms with Crippen LogP contribution in [0.25, 0.3) is 11.0 Å². The van der Waals surface area contributed by atoms with E-state index in [-0.39, 0.29) is 17.6 Å². The van der Waals surface area contributed by atoms with Gasteiger partial charge in [0.2, 0.25) is 5.91 Å². The maximum absolute atomic E-state index is 13.1. The fourth-order valence-electron chi connectivity index (χ4n) is 4.07. The Morgan fingerprint density at radius 2 is 1.89 bits per heavy atom. The van der Waals surface area contributed by atoms with Gasteiger partial charge >= 0.3 is 0 Å². The van der Waals surface area contributed by atoms with Gasteiger partial charge in [0.25, 0.3) is 0 Å². The highest BCUT2D eigenvalue weighted by Gasteiger charge is 2.33. The maximum atomic E-state index is 13.1. The number of benzene rings is 2. The molecule has 1 saturated heterocycles. The van der Waals surface area contributed by atoms with Crippen molar-refractivity contribution in [1.29, 1.82) is 0 Å². The van der Waals surface area contributed by atoms with Crippen molar-refractivity contribution in [2.45, 2.75) is 51.6 Å². The van der Waals surface area contributed by atoms with E-state index in [1.54, 1.807) is 12.1 Å². The molecular formula is C23H26FN3O. The van der Waals surface area contributed by atoms with E-state index < -0.39 is 0 Å². The van der Waals surface area contributed by atoms with Crippen molar-refractivity contribution in [2.75, 3.05) is 6.54 Å². The van der Waals surface area contributed by atoms with Gasteiger partial charge in [0.05, 0.1) is 11.0 Å². The zero-order valence-electron chi connectivity index (χ0n) is 16.3. The average molecular weight is 379 g/mol. The number of carbonyl (C=O) groups is 1. The molecule has 2 aromatic carbocycles. The third kappa shape index (κ3) is 3.79. The quantitative estimate of drug-likeness (QED) is 0.549. The first-order chi connectivity index (χ1) is 13.7. The molecule has 1 unspecified atom stereocenters. The minimum atomic E-state index is -0.254. The number of aryl methyl sites for hydroxylation is 1. The Morgan fingerprint density at radius 1 is 1.11 bits per heavy atom. The van der Waals surface area contributed by atoms with E-state index in [2.05, 4.69) is 17.6 Å². The third-order valence-electron chi connectivity index (χ3n) is 5.54. The maximum Gasteiger partial charge on any atom is 0.223 e. The molecule has 3 aromatic rings. The Labute approximate surface area is 165 Å². The predicted octanol–water partition coefficient (Wildman–Crippen LogP) is 4.88. The van der Waals surface area contributed by atoms with Crippen LogP contribution in [0.2, 0.25) is 0 Å². The lowest BCUT2D eigenvalue weighted by atomic mass is 10.1. The van der Waals surface area contributed by atoms with Gasteiger partial charge in [0, 0.05) is 32.0 Å². The molecule has 28 heavy (non-hydrogen) atoms. The van der Waals surface area contributed by atoms with Crippen LogP contribution in [-0.4, -0.2) is 26.9 Å². The number of carbonyl (C=O) groups excluding carboxylic acids is 1. The molecule has 0 spiro atoms. The summed E-state index contributed by atoms with van der Waals surface area (Å²) in [7, 11) is 0. The molecular weight excluding hydrogens is 353 g/mol. The first kappa shape index (κ1) is 18.7. The van der Waals surface area contributed by atoms with Crippen LogP contribution in [0.1, 0.15) is 49.9 Å². The van der Waals surface area contributed by atoms with Crippen molar-refractivity contribution in [3.63, 3.8) is 0 Å². The number of hydrogen-bond donors (Lipinski definition) is 0. The standard InChI is InChI=1S/C23H26FN3O/c1-2-3-6-13-27-21-8-5-4-7-20(21)25-23(27)18-14-22(28)26(16-18)15-17-9-11-19(24)12-10-17/h4-5,7-12,18H,2-3,6,13-16H2,1H3. The monoisotopic (exact) mass is 379 g/mol. The number of amides is 1. The molecule has 1 aliphatic heterocycles. The number of imidazole rings is 1. The third-order valence-corrected chi connectivity index (χ3v) is 5.54. The first-order valence-corrected chi connectivity index (χ1v) is 10.1. The van der Waals surface area contributed by atoms with Crippen molar-refractivity contribution in [1.82, 2.24) is 14.5 Å². The minimum Gasteiger partial charge on any atom is -0.338 e. The second-order valence-electron chi connectivity index (χ2n) is 7.62. The van der Waals surface area contributed by atoms with Gasteiger partial charge in [-0.15, -0.1) is 0 Å². The molecule has 1 aromatic heterocycles. The van der Waals surface area contributed by atoms with Crippen LogP contribution in [0.4, 0.5) is 4.39 Å². The number of aromatic nitrogens is 2. The summed E-state index contributed by atoms with van der Waals surface area (Å²) in [5.74, 6) is 1.01. The number of unbranched alkanes of at least 4 members (excludes halogenated alkanes) is 2. The lowest BCUT2D eigenvalue weighted by Crippen LogP contribution is -2.24. The van der Waals surface area contributed by atoms with Gasteiger partial charge in [0.1, 0.15) is 11.6 Å². The number of likely N-dealkylation sites (tertiary alicyclic amines) is 1. The summed E-state index contributed by atoms with van der Waals surface area (Å²) in [5, 5.41) is 0. The van der Waals surface area contributed by atoms with Gasteiger partial charge in [-0.05, 0) is 36.2 Å². The topological polar surface area (TPSA) is 38.1 Å². The largest absolute Gasteiger partial charge is 0.338 e. The van der Waals surface area contributed by atoms with Crippen LogP contribution in [0.3, 0.4) is 0 Å². The first-order valence-electron chi connectivity index (χ1n) is 10.1. The molecule has 1 atom stereocenters. The molecule has 1 aliphatic rings. The number of fused-ring (bicyclic) bond motifs is 1. The highest BCUT2D eigenvalue weighted by molar-refractivity contribution is 5.81. The van der Waals surface area contributed by atoms with Gasteiger partial charge in [-0.2, -0.15) is 0 Å². The normalized spacial score (nSPS) is 17.0. The lowest BCUT2D eigenvalue weighted by Gasteiger charge is -2.17. The van der Waals surface area contributed by atoms with Crippen LogP contribution in [0.5, 0.6) is 0 Å². The summed E-state index contributed by atoms with van der Waals surface area (Å²) in [4.78, 5) is 19.4. The molecule has 0 N–H and O–H groups in total. The summed E-state index contributed by atoms with van der Waals surface area (Å²) in [6.07, 6.45) is 3.96. The van der Waals surface area contributed by atoms with E-state index in [0.29, 0.717) is 19.5 Å². The second-order valence-corrected chi connectivity index (χ2v) is 7.62. The highest BCUT2D eigenvalue weighted by atomic mass is 19.1. The number of rotatable bonds is 7. The van der Waals surface area contributed by atoms with Crippen molar-refractivity contribution in [3.05, 3.63) is 65.7 Å². The Kier molecular flexibility index (Phi) is 5.42. The van der Waals surface area contributed by atoms with Gasteiger partial charge in [0.15, 0.2) is 0 Å². The summed E-state index contributed by atoms with van der Waals surface area (Å²) in [6.45, 7) is 4.32. The minimum absolute atomic E-state index is 0.0991. The molecule has 146 valence electrons. The summed E-state index contributed by atoms with van der Waals surface area (Å²) in [6, 6.07) is 14.6. The Bertz CT molecular complexity index is 964. The zero-order valence-corrected chi connectivity index (χ0v) is 16.3. The molecule has 5 heteroatoms. The molecule has 2 heterocycles. The van der Waals surface area contributed by atoms with Crippen LogP contribution in [-0.2, 0) is 17.9 Å². The fourth-order valence-corrected chi connectivity index (χ4v) is 4.07. The summed E-state index contributed by atoms with van der Waals surface area (Å²) >= 11 is 0. The van der Waals surface area contributed by atoms with Crippen molar-refractivity contribution in [2.24, 2.45) is 0 Å². The van der Waals surface area contributed by atoms with Crippen LogP contribution < -0.4 is 0 Å². The predicted molar refractivity (Wildman–Crippen MR) is 108 cm³/mol. The Morgan fingerprint density at radius 3 is 2.68 bits per heavy atom. The smallest absolute Gasteiger partial charge is 0.223 e. The van der Waals surface area contributed by atoms with E-state index in [0.717, 1.165) is 35.4 Å². The van der Waals surface area contributed by atoms with E-state index in [1.807, 2.05) is 23.1 Å². The average Bonchev–Trinajstić information content (AvgIpc) is 3.25. The van der Waals surface area contributed by atoms with Crippen LogP contribution in [0.15, 0.2) is 48.5 Å². The van der Waals surface area contributed by atoms with Crippen molar-refractivity contribution >= 4 is 16.9 Å². The van der Waals surface area contributed by atoms with Gasteiger partial charge in [-0.25, -0.2) is 9.37 Å². The molecule has 1 amide bonds. The number of nitrogens with zero attached hydrogens (tertiary/aromatic N) is 3. The molecule has 4 nitrogen and oxygen atoms in total. The molecule has 0 radical (unpaired) electrons. The summed E-state index contributed by atoms with van der Waals surface area (Å²) in [5.41, 5.74) is 3.10. The highest BCUT2D eigenvalue weighted by Crippen LogP contribution is 2.31. The molecule has 0 saturated carbocycles. The molecule has 0 bridgehead atoms. The fraction of sp³-hybridized carbons (Fsp3) is 0.391. The van der Waals surface area contributed by atoms with E-state index >= 15 is 0 Å². The van der Waals surface area contributed by atoms with Crippen LogP contribution in [0, 0.1) is 5.82 Å². The number of halogens is 1. The van der Waals surface area contributed by atoms with Gasteiger partial charge in [-0.1, -0.05) is 44.0 Å². The van der Waals surface area contributed by atoms with Crippen molar-refractivity contribution in [3.8, 4) is 0 Å². The Balaban J connectivity index is 1.56. The summed E-state index contributed by atoms with van der Waals surface area (Å²) < 4.78 is 15.5. The van der Waals surface area contributed by atoms with Crippen LogP contribution >= 0.6 is 0 Å². The van der Waals surface area contributed by atoms with Crippen molar-refractivity contribution < 1.29 is 9.18 Å². The molecule has 4 rings (SSSR count). The van der Waals surface area contributed by atoms with E-state index in [1.165, 1.54) is 25.0 Å². The second kappa shape index (κ2) is 8.13. The number of hydrogen-bond acceptors (Lipinski definition) is 2. The van der Waals surface area contributed by atoms with Gasteiger partial charge < -0.3 is 9.47 Å². The van der Waals surface area contributed by atoms with E-state index in [4.69, 9.17) is 4.98 Å². The SMILES string of the molecule is CCCCCn1c(C2CC(=O)N(Cc3ccc(F)cc3)C2)nc2ccccc21. The molecule has 1 fully saturated rings. The lowest BCUT2D eigenvalue weighted by molar-refractivity contribution is -0.128. The Hall–Kier alpha value is -2.69.